The fourth-order valence-corrected chi connectivity index (χ4v) is 4.46. The zero-order valence-corrected chi connectivity index (χ0v) is 18.0. The van der Waals surface area contributed by atoms with Crippen molar-refractivity contribution >= 4 is 21.6 Å². The molecule has 6 nitrogen and oxygen atoms in total. The van der Waals surface area contributed by atoms with E-state index in [1.54, 1.807) is 61.6 Å². The van der Waals surface area contributed by atoms with Gasteiger partial charge in [-0.15, -0.1) is 0 Å². The van der Waals surface area contributed by atoms with Crippen molar-refractivity contribution in [3.8, 4) is 5.75 Å². The van der Waals surface area contributed by atoms with Crippen molar-refractivity contribution < 1.29 is 22.3 Å². The van der Waals surface area contributed by atoms with Crippen molar-refractivity contribution in [1.82, 2.24) is 4.90 Å². The number of carbonyl (C=O) groups excluding carboxylic acids is 1. The topological polar surface area (TPSA) is 66.9 Å². The molecule has 0 unspecified atom stereocenters. The Balaban J connectivity index is 1.89. The Morgan fingerprint density at radius 3 is 2.26 bits per heavy atom. The number of benzene rings is 3. The lowest BCUT2D eigenvalue weighted by Crippen LogP contribution is -2.41. The third-order valence-corrected chi connectivity index (χ3v) is 6.49. The molecular weight excluding hydrogens is 419 g/mol. The Morgan fingerprint density at radius 2 is 1.65 bits per heavy atom. The summed E-state index contributed by atoms with van der Waals surface area (Å²) in [4.78, 5) is 14.4. The Morgan fingerprint density at radius 1 is 0.968 bits per heavy atom. The maximum atomic E-state index is 13.5. The van der Waals surface area contributed by atoms with E-state index in [4.69, 9.17) is 4.74 Å². The number of likely N-dealkylation sites (N-methyl/N-ethyl adjacent to an activating group) is 1. The van der Waals surface area contributed by atoms with E-state index in [0.717, 1.165) is 4.31 Å². The van der Waals surface area contributed by atoms with Gasteiger partial charge in [-0.25, -0.2) is 12.8 Å². The second-order valence-electron chi connectivity index (χ2n) is 6.90. The van der Waals surface area contributed by atoms with Crippen molar-refractivity contribution in [2.75, 3.05) is 25.0 Å². The standard InChI is InChI=1S/C23H23FN2O4S/c1-25(16-18-7-6-8-19(24)15-18)23(27)17-26(20-11-13-21(30-2)14-12-20)31(28,29)22-9-4-3-5-10-22/h3-15H,16-17H2,1-2H3. The number of amides is 1. The second kappa shape index (κ2) is 9.61. The number of nitrogens with zero attached hydrogens (tertiary/aromatic N) is 2. The SMILES string of the molecule is COc1ccc(N(CC(=O)N(C)Cc2cccc(F)c2)S(=O)(=O)c2ccccc2)cc1. The number of rotatable bonds is 8. The highest BCUT2D eigenvalue weighted by molar-refractivity contribution is 7.92. The first-order valence-electron chi connectivity index (χ1n) is 9.51. The molecule has 8 heteroatoms. The highest BCUT2D eigenvalue weighted by atomic mass is 32.2. The van der Waals surface area contributed by atoms with E-state index in [1.807, 2.05) is 0 Å². The molecule has 0 aliphatic rings. The van der Waals surface area contributed by atoms with Crippen LogP contribution in [-0.4, -0.2) is 39.9 Å². The van der Waals surface area contributed by atoms with Crippen LogP contribution in [0.5, 0.6) is 5.75 Å². The third-order valence-electron chi connectivity index (χ3n) is 4.71. The quantitative estimate of drug-likeness (QED) is 0.534. The predicted octanol–water partition coefficient (Wildman–Crippen LogP) is 3.69. The summed E-state index contributed by atoms with van der Waals surface area (Å²) in [6, 6.07) is 20.3. The number of sulfonamides is 1. The van der Waals surface area contributed by atoms with E-state index >= 15 is 0 Å². The molecule has 0 radical (unpaired) electrons. The molecule has 0 aromatic heterocycles. The first-order chi connectivity index (χ1) is 14.8. The smallest absolute Gasteiger partial charge is 0.264 e. The van der Waals surface area contributed by atoms with E-state index in [-0.39, 0.29) is 11.4 Å². The second-order valence-corrected chi connectivity index (χ2v) is 8.76. The number of carbonyl (C=O) groups is 1. The molecule has 0 atom stereocenters. The van der Waals surface area contributed by atoms with Gasteiger partial charge in [0.15, 0.2) is 0 Å². The minimum atomic E-state index is -4.00. The van der Waals surface area contributed by atoms with Crippen LogP contribution in [0.1, 0.15) is 5.56 Å². The fraction of sp³-hybridized carbons (Fsp3) is 0.174. The predicted molar refractivity (Wildman–Crippen MR) is 117 cm³/mol. The molecule has 3 rings (SSSR count). The molecule has 162 valence electrons. The van der Waals surface area contributed by atoms with Gasteiger partial charge in [0.2, 0.25) is 5.91 Å². The third kappa shape index (κ3) is 5.40. The van der Waals surface area contributed by atoms with Gasteiger partial charge in [0.1, 0.15) is 18.1 Å². The summed E-state index contributed by atoms with van der Waals surface area (Å²) in [5, 5.41) is 0. The first-order valence-corrected chi connectivity index (χ1v) is 11.0. The highest BCUT2D eigenvalue weighted by Crippen LogP contribution is 2.26. The van der Waals surface area contributed by atoms with Crippen LogP contribution in [0, 0.1) is 5.82 Å². The van der Waals surface area contributed by atoms with Crippen molar-refractivity contribution in [2.45, 2.75) is 11.4 Å². The summed E-state index contributed by atoms with van der Waals surface area (Å²) in [6.45, 7) is -0.256. The van der Waals surface area contributed by atoms with Crippen LogP contribution in [0.3, 0.4) is 0 Å². The number of hydrogen-bond acceptors (Lipinski definition) is 4. The van der Waals surface area contributed by atoms with Crippen LogP contribution in [0.4, 0.5) is 10.1 Å². The Labute approximate surface area is 181 Å². The van der Waals surface area contributed by atoms with Gasteiger partial charge >= 0.3 is 0 Å². The van der Waals surface area contributed by atoms with Gasteiger partial charge in [-0.05, 0) is 54.1 Å². The molecule has 3 aromatic rings. The van der Waals surface area contributed by atoms with Crippen LogP contribution in [0.25, 0.3) is 0 Å². The normalized spacial score (nSPS) is 11.1. The van der Waals surface area contributed by atoms with Gasteiger partial charge in [-0.3, -0.25) is 9.10 Å². The Bertz CT molecular complexity index is 1140. The molecule has 0 saturated carbocycles. The fourth-order valence-electron chi connectivity index (χ4n) is 3.02. The lowest BCUT2D eigenvalue weighted by atomic mass is 10.2. The molecule has 0 saturated heterocycles. The molecule has 0 fully saturated rings. The van der Waals surface area contributed by atoms with Crippen molar-refractivity contribution in [3.05, 3.63) is 90.2 Å². The zero-order chi connectivity index (χ0) is 22.4. The largest absolute Gasteiger partial charge is 0.497 e. The van der Waals surface area contributed by atoms with E-state index in [2.05, 4.69) is 0 Å². The van der Waals surface area contributed by atoms with Crippen molar-refractivity contribution in [2.24, 2.45) is 0 Å². The summed E-state index contributed by atoms with van der Waals surface area (Å²) < 4.78 is 46.3. The van der Waals surface area contributed by atoms with Gasteiger partial charge in [0.05, 0.1) is 17.7 Å². The van der Waals surface area contributed by atoms with Crippen LogP contribution in [0.2, 0.25) is 0 Å². The number of halogens is 1. The molecule has 0 heterocycles. The molecule has 0 aliphatic carbocycles. The van der Waals surface area contributed by atoms with Gasteiger partial charge in [0.25, 0.3) is 10.0 Å². The van der Waals surface area contributed by atoms with Crippen LogP contribution in [0.15, 0.2) is 83.8 Å². The van der Waals surface area contributed by atoms with E-state index in [1.165, 1.54) is 36.3 Å². The van der Waals surface area contributed by atoms with E-state index in [9.17, 15) is 17.6 Å². The van der Waals surface area contributed by atoms with Crippen LogP contribution < -0.4 is 9.04 Å². The van der Waals surface area contributed by atoms with E-state index < -0.39 is 28.3 Å². The molecule has 1 amide bonds. The molecular formula is C23H23FN2O4S. The first kappa shape index (κ1) is 22.3. The highest BCUT2D eigenvalue weighted by Gasteiger charge is 2.28. The Hall–Kier alpha value is -3.39. The number of hydrogen-bond donors (Lipinski definition) is 0. The monoisotopic (exact) mass is 442 g/mol. The average Bonchev–Trinajstić information content (AvgIpc) is 2.78. The summed E-state index contributed by atoms with van der Waals surface area (Å²) in [6.07, 6.45) is 0. The maximum Gasteiger partial charge on any atom is 0.264 e. The van der Waals surface area contributed by atoms with Crippen molar-refractivity contribution in [3.63, 3.8) is 0 Å². The molecule has 0 spiro atoms. The molecule has 3 aromatic carbocycles. The molecule has 31 heavy (non-hydrogen) atoms. The van der Waals surface area contributed by atoms with Gasteiger partial charge in [0, 0.05) is 13.6 Å². The summed E-state index contributed by atoms with van der Waals surface area (Å²) in [5.74, 6) is -0.264. The lowest BCUT2D eigenvalue weighted by Gasteiger charge is -2.27. The van der Waals surface area contributed by atoms with Crippen LogP contribution >= 0.6 is 0 Å². The number of anilines is 1. The summed E-state index contributed by atoms with van der Waals surface area (Å²) >= 11 is 0. The Kier molecular flexibility index (Phi) is 6.91. The van der Waals surface area contributed by atoms with Gasteiger partial charge in [-0.2, -0.15) is 0 Å². The summed E-state index contributed by atoms with van der Waals surface area (Å²) in [5.41, 5.74) is 0.940. The minimum absolute atomic E-state index is 0.0754. The minimum Gasteiger partial charge on any atom is -0.497 e. The molecule has 0 bridgehead atoms. The average molecular weight is 443 g/mol. The molecule has 0 aliphatic heterocycles. The van der Waals surface area contributed by atoms with Gasteiger partial charge < -0.3 is 9.64 Å². The van der Waals surface area contributed by atoms with Gasteiger partial charge in [-0.1, -0.05) is 30.3 Å². The van der Waals surface area contributed by atoms with Crippen molar-refractivity contribution in [1.29, 1.82) is 0 Å². The van der Waals surface area contributed by atoms with Crippen LogP contribution in [-0.2, 0) is 21.4 Å². The van der Waals surface area contributed by atoms with E-state index in [0.29, 0.717) is 17.0 Å². The molecule has 0 N–H and O–H groups in total. The maximum absolute atomic E-state index is 13.5. The summed E-state index contributed by atoms with van der Waals surface area (Å²) in [7, 11) is -0.934. The lowest BCUT2D eigenvalue weighted by molar-refractivity contribution is -0.128. The number of methoxy groups -OCH3 is 1. The zero-order valence-electron chi connectivity index (χ0n) is 17.2. The number of ether oxygens (including phenoxy) is 1.